The summed E-state index contributed by atoms with van der Waals surface area (Å²) in [5.41, 5.74) is 0.507. The van der Waals surface area contributed by atoms with Gasteiger partial charge in [0.1, 0.15) is 0 Å². The summed E-state index contributed by atoms with van der Waals surface area (Å²) in [5, 5.41) is 2.62. The third kappa shape index (κ3) is 5.85. The lowest BCUT2D eigenvalue weighted by molar-refractivity contribution is -0.157. The van der Waals surface area contributed by atoms with Gasteiger partial charge in [0.05, 0.1) is 6.42 Å². The van der Waals surface area contributed by atoms with Crippen molar-refractivity contribution in [2.45, 2.75) is 19.4 Å². The summed E-state index contributed by atoms with van der Waals surface area (Å²) in [5.74, 6) is -1.08. The number of rotatable bonds is 6. The first-order valence-electron chi connectivity index (χ1n) is 6.75. The van der Waals surface area contributed by atoms with Crippen LogP contribution in [-0.2, 0) is 14.3 Å². The summed E-state index contributed by atoms with van der Waals surface area (Å²) < 4.78 is 5.87. The van der Waals surface area contributed by atoms with E-state index in [9.17, 15) is 14.4 Å². The van der Waals surface area contributed by atoms with E-state index in [1.807, 2.05) is 0 Å². The Morgan fingerprint density at radius 1 is 1.23 bits per heavy atom. The number of benzene rings is 1. The molecule has 0 aromatic heterocycles. The molecule has 1 atom stereocenters. The summed E-state index contributed by atoms with van der Waals surface area (Å²) in [6, 6.07) is 6.88. The highest BCUT2D eigenvalue weighted by Gasteiger charge is 2.19. The van der Waals surface area contributed by atoms with Gasteiger partial charge in [-0.15, -0.1) is 0 Å². The predicted molar refractivity (Wildman–Crippen MR) is 85.3 cm³/mol. The lowest BCUT2D eigenvalue weighted by Crippen LogP contribution is -2.35. The van der Waals surface area contributed by atoms with E-state index < -0.39 is 12.1 Å². The highest BCUT2D eigenvalue weighted by Crippen LogP contribution is 2.10. The highest BCUT2D eigenvalue weighted by atomic mass is 79.9. The SMILES string of the molecule is C[C@@H](OC(=O)CCNC(=O)c1ccc(Br)cc1)C(=O)N(C)C. The van der Waals surface area contributed by atoms with Crippen LogP contribution in [0, 0.1) is 0 Å². The second-order valence-electron chi connectivity index (χ2n) is 4.88. The number of halogens is 1. The highest BCUT2D eigenvalue weighted by molar-refractivity contribution is 9.10. The molecule has 0 aliphatic rings. The largest absolute Gasteiger partial charge is 0.452 e. The van der Waals surface area contributed by atoms with Crippen molar-refractivity contribution in [3.05, 3.63) is 34.3 Å². The van der Waals surface area contributed by atoms with Crippen LogP contribution in [0.25, 0.3) is 0 Å². The van der Waals surface area contributed by atoms with Gasteiger partial charge in [-0.25, -0.2) is 0 Å². The fraction of sp³-hybridized carbons (Fsp3) is 0.400. The molecule has 7 heteroatoms. The standard InChI is InChI=1S/C15H19BrN2O4/c1-10(15(21)18(2)3)22-13(19)8-9-17-14(20)11-4-6-12(16)7-5-11/h4-7,10H,8-9H2,1-3H3,(H,17,20)/t10-/m1/s1. The molecule has 0 bridgehead atoms. The summed E-state index contributed by atoms with van der Waals surface area (Å²) in [6.45, 7) is 1.66. The number of ether oxygens (including phenoxy) is 1. The molecule has 6 nitrogen and oxygen atoms in total. The normalized spacial score (nSPS) is 11.5. The number of esters is 1. The zero-order chi connectivity index (χ0) is 16.7. The van der Waals surface area contributed by atoms with Crippen molar-refractivity contribution in [1.29, 1.82) is 0 Å². The van der Waals surface area contributed by atoms with Crippen LogP contribution in [0.2, 0.25) is 0 Å². The van der Waals surface area contributed by atoms with E-state index in [1.165, 1.54) is 11.8 Å². The van der Waals surface area contributed by atoms with Crippen molar-refractivity contribution in [1.82, 2.24) is 10.2 Å². The minimum atomic E-state index is -0.829. The van der Waals surface area contributed by atoms with Gasteiger partial charge in [0.25, 0.3) is 11.8 Å². The van der Waals surface area contributed by atoms with E-state index in [1.54, 1.807) is 38.4 Å². The van der Waals surface area contributed by atoms with Crippen LogP contribution in [0.15, 0.2) is 28.7 Å². The zero-order valence-corrected chi connectivity index (χ0v) is 14.3. The van der Waals surface area contributed by atoms with Crippen molar-refractivity contribution in [2.75, 3.05) is 20.6 Å². The Labute approximate surface area is 137 Å². The molecule has 120 valence electrons. The Morgan fingerprint density at radius 3 is 2.36 bits per heavy atom. The number of likely N-dealkylation sites (N-methyl/N-ethyl adjacent to an activating group) is 1. The summed E-state index contributed by atoms with van der Waals surface area (Å²) in [6.07, 6.45) is -0.822. The Hall–Kier alpha value is -1.89. The molecule has 0 radical (unpaired) electrons. The van der Waals surface area contributed by atoms with Crippen molar-refractivity contribution < 1.29 is 19.1 Å². The van der Waals surface area contributed by atoms with Crippen LogP contribution < -0.4 is 5.32 Å². The minimum Gasteiger partial charge on any atom is -0.452 e. The summed E-state index contributed by atoms with van der Waals surface area (Å²) in [4.78, 5) is 36.3. The number of carbonyl (C=O) groups is 3. The fourth-order valence-electron chi connectivity index (χ4n) is 1.65. The average Bonchev–Trinajstić information content (AvgIpc) is 2.46. The first kappa shape index (κ1) is 18.2. The quantitative estimate of drug-likeness (QED) is 0.771. The molecule has 1 aromatic rings. The van der Waals surface area contributed by atoms with Gasteiger partial charge in [-0.1, -0.05) is 15.9 Å². The summed E-state index contributed by atoms with van der Waals surface area (Å²) in [7, 11) is 3.18. The summed E-state index contributed by atoms with van der Waals surface area (Å²) >= 11 is 3.29. The van der Waals surface area contributed by atoms with Gasteiger partial charge >= 0.3 is 5.97 Å². The van der Waals surface area contributed by atoms with E-state index >= 15 is 0 Å². The molecule has 1 N–H and O–H groups in total. The molecular weight excluding hydrogens is 352 g/mol. The van der Waals surface area contributed by atoms with Crippen LogP contribution in [0.4, 0.5) is 0 Å². The number of hydrogen-bond acceptors (Lipinski definition) is 4. The first-order chi connectivity index (χ1) is 10.3. The number of hydrogen-bond donors (Lipinski definition) is 1. The van der Waals surface area contributed by atoms with Gasteiger partial charge < -0.3 is 15.0 Å². The Bertz CT molecular complexity index is 543. The first-order valence-corrected chi connectivity index (χ1v) is 7.55. The van der Waals surface area contributed by atoms with Crippen LogP contribution in [0.3, 0.4) is 0 Å². The minimum absolute atomic E-state index is 0.00726. The van der Waals surface area contributed by atoms with Gasteiger partial charge in [-0.05, 0) is 31.2 Å². The molecular formula is C15H19BrN2O4. The second-order valence-corrected chi connectivity index (χ2v) is 5.79. The van der Waals surface area contributed by atoms with Gasteiger partial charge in [-0.2, -0.15) is 0 Å². The lowest BCUT2D eigenvalue weighted by atomic mass is 10.2. The number of nitrogens with one attached hydrogen (secondary N) is 1. The Balaban J connectivity index is 2.34. The van der Waals surface area contributed by atoms with Crippen molar-refractivity contribution >= 4 is 33.7 Å². The van der Waals surface area contributed by atoms with Crippen LogP contribution in [0.1, 0.15) is 23.7 Å². The Kier molecular flexibility index (Phi) is 7.04. The number of nitrogens with zero attached hydrogens (tertiary/aromatic N) is 1. The molecule has 0 heterocycles. The van der Waals surface area contributed by atoms with E-state index in [-0.39, 0.29) is 24.8 Å². The molecule has 0 aliphatic heterocycles. The smallest absolute Gasteiger partial charge is 0.308 e. The van der Waals surface area contributed by atoms with E-state index in [0.717, 1.165) is 4.47 Å². The third-order valence-corrected chi connectivity index (χ3v) is 3.35. The van der Waals surface area contributed by atoms with Gasteiger partial charge in [0.2, 0.25) is 0 Å². The van der Waals surface area contributed by atoms with Gasteiger partial charge in [-0.3, -0.25) is 14.4 Å². The van der Waals surface area contributed by atoms with E-state index in [0.29, 0.717) is 5.56 Å². The molecule has 0 saturated heterocycles. The molecule has 22 heavy (non-hydrogen) atoms. The third-order valence-electron chi connectivity index (χ3n) is 2.82. The second kappa shape index (κ2) is 8.53. The zero-order valence-electron chi connectivity index (χ0n) is 12.8. The maximum Gasteiger partial charge on any atom is 0.308 e. The Morgan fingerprint density at radius 2 is 1.82 bits per heavy atom. The average molecular weight is 371 g/mol. The predicted octanol–water partition coefficient (Wildman–Crippen LogP) is 1.59. The van der Waals surface area contributed by atoms with E-state index in [4.69, 9.17) is 4.74 Å². The molecule has 0 fully saturated rings. The number of carbonyl (C=O) groups excluding carboxylic acids is 3. The fourth-order valence-corrected chi connectivity index (χ4v) is 1.92. The monoisotopic (exact) mass is 370 g/mol. The van der Waals surface area contributed by atoms with Crippen LogP contribution in [-0.4, -0.2) is 49.4 Å². The molecule has 1 aromatic carbocycles. The molecule has 1 rings (SSSR count). The van der Waals surface area contributed by atoms with Crippen molar-refractivity contribution in [3.8, 4) is 0 Å². The molecule has 0 saturated carbocycles. The maximum atomic E-state index is 11.8. The maximum absolute atomic E-state index is 11.8. The van der Waals surface area contributed by atoms with Crippen LogP contribution >= 0.6 is 15.9 Å². The van der Waals surface area contributed by atoms with Gasteiger partial charge in [0, 0.05) is 30.7 Å². The van der Waals surface area contributed by atoms with Crippen molar-refractivity contribution in [2.24, 2.45) is 0 Å². The van der Waals surface area contributed by atoms with Gasteiger partial charge in [0.15, 0.2) is 6.10 Å². The number of amides is 2. The molecule has 0 unspecified atom stereocenters. The molecule has 0 spiro atoms. The topological polar surface area (TPSA) is 75.7 Å². The van der Waals surface area contributed by atoms with Crippen molar-refractivity contribution in [3.63, 3.8) is 0 Å². The molecule has 2 amide bonds. The molecule has 0 aliphatic carbocycles. The lowest BCUT2D eigenvalue weighted by Gasteiger charge is -2.17. The van der Waals surface area contributed by atoms with E-state index in [2.05, 4.69) is 21.2 Å². The van der Waals surface area contributed by atoms with Crippen LogP contribution in [0.5, 0.6) is 0 Å².